The van der Waals surface area contributed by atoms with Gasteiger partial charge in [-0.3, -0.25) is 19.8 Å². The number of carbonyl (C=O) groups excluding carboxylic acids is 3. The average molecular weight is 358 g/mol. The first-order chi connectivity index (χ1) is 11.7. The molecule has 1 aliphatic rings. The van der Waals surface area contributed by atoms with Crippen molar-refractivity contribution in [2.24, 2.45) is 0 Å². The van der Waals surface area contributed by atoms with Gasteiger partial charge in [0.2, 0.25) is 0 Å². The lowest BCUT2D eigenvalue weighted by Crippen LogP contribution is -2.45. The first-order valence-corrected chi connectivity index (χ1v) is 8.58. The molecule has 0 bridgehead atoms. The van der Waals surface area contributed by atoms with Crippen LogP contribution in [0.2, 0.25) is 0 Å². The molecule has 0 aliphatic carbocycles. The molecule has 1 aromatic carbocycles. The van der Waals surface area contributed by atoms with Crippen LogP contribution < -0.4 is 10.6 Å². The van der Waals surface area contributed by atoms with Crippen LogP contribution in [0.5, 0.6) is 0 Å². The van der Waals surface area contributed by atoms with Crippen molar-refractivity contribution in [2.45, 2.75) is 33.2 Å². The maximum absolute atomic E-state index is 12.6. The van der Waals surface area contributed by atoms with Crippen LogP contribution in [0.1, 0.15) is 47.2 Å². The summed E-state index contributed by atoms with van der Waals surface area (Å²) in [5.41, 5.74) is 1.29. The van der Waals surface area contributed by atoms with Gasteiger partial charge >= 0.3 is 6.03 Å². The Morgan fingerprint density at radius 2 is 1.80 bits per heavy atom. The van der Waals surface area contributed by atoms with Crippen molar-refractivity contribution in [3.8, 4) is 0 Å². The van der Waals surface area contributed by atoms with Crippen LogP contribution in [0.4, 0.5) is 15.6 Å². The Bertz CT molecular complexity index is 882. The number of rotatable bonds is 2. The zero-order valence-corrected chi connectivity index (χ0v) is 15.2. The Kier molecular flexibility index (Phi) is 4.08. The maximum atomic E-state index is 12.6. The molecule has 0 saturated heterocycles. The minimum Gasteiger partial charge on any atom is -0.308 e. The summed E-state index contributed by atoms with van der Waals surface area (Å²) in [5, 5.41) is 7.60. The number of amides is 4. The molecule has 1 aromatic heterocycles. The van der Waals surface area contributed by atoms with Crippen LogP contribution in [0, 0.1) is 6.92 Å². The molecule has 2 aromatic rings. The minimum atomic E-state index is -0.610. The molecule has 7 nitrogen and oxygen atoms in total. The Balaban J connectivity index is 1.79. The van der Waals surface area contributed by atoms with Crippen LogP contribution in [0.3, 0.4) is 0 Å². The predicted molar refractivity (Wildman–Crippen MR) is 96.2 cm³/mol. The molecule has 4 amide bonds. The van der Waals surface area contributed by atoms with E-state index in [1.807, 2.05) is 12.3 Å². The topological polar surface area (TPSA) is 91.4 Å². The van der Waals surface area contributed by atoms with E-state index in [1.54, 1.807) is 32.9 Å². The molecule has 25 heavy (non-hydrogen) atoms. The van der Waals surface area contributed by atoms with Crippen LogP contribution >= 0.6 is 11.3 Å². The van der Waals surface area contributed by atoms with Crippen LogP contribution in [-0.4, -0.2) is 33.3 Å². The lowest BCUT2D eigenvalue weighted by atomic mass is 10.1. The van der Waals surface area contributed by atoms with E-state index in [-0.39, 0.29) is 11.8 Å². The molecule has 8 heteroatoms. The third-order valence-corrected chi connectivity index (χ3v) is 4.53. The van der Waals surface area contributed by atoms with Crippen molar-refractivity contribution in [2.75, 3.05) is 10.6 Å². The molecule has 0 spiro atoms. The highest BCUT2D eigenvalue weighted by atomic mass is 32.1. The number of fused-ring (bicyclic) bond motifs is 1. The van der Waals surface area contributed by atoms with Crippen molar-refractivity contribution in [3.63, 3.8) is 0 Å². The molecule has 2 heterocycles. The van der Waals surface area contributed by atoms with E-state index in [0.29, 0.717) is 21.9 Å². The van der Waals surface area contributed by atoms with Gasteiger partial charge in [-0.05, 0) is 45.9 Å². The lowest BCUT2D eigenvalue weighted by molar-refractivity contribution is 0.0507. The van der Waals surface area contributed by atoms with Gasteiger partial charge in [0.25, 0.3) is 11.8 Å². The Morgan fingerprint density at radius 3 is 2.40 bits per heavy atom. The van der Waals surface area contributed by atoms with Gasteiger partial charge in [-0.25, -0.2) is 9.78 Å². The number of nitrogens with zero attached hydrogens (tertiary/aromatic N) is 2. The van der Waals surface area contributed by atoms with E-state index in [9.17, 15) is 14.4 Å². The molecule has 0 fully saturated rings. The summed E-state index contributed by atoms with van der Waals surface area (Å²) >= 11 is 1.32. The van der Waals surface area contributed by atoms with E-state index in [1.165, 1.54) is 22.3 Å². The van der Waals surface area contributed by atoms with E-state index >= 15 is 0 Å². The molecule has 0 unspecified atom stereocenters. The van der Waals surface area contributed by atoms with Crippen molar-refractivity contribution in [1.82, 2.24) is 9.88 Å². The van der Waals surface area contributed by atoms with Gasteiger partial charge in [0.05, 0.1) is 16.8 Å². The Hall–Kier alpha value is -2.74. The third-order valence-electron chi connectivity index (χ3n) is 3.65. The predicted octanol–water partition coefficient (Wildman–Crippen LogP) is 3.49. The molecule has 130 valence electrons. The quantitative estimate of drug-likeness (QED) is 0.804. The number of benzene rings is 1. The second-order valence-electron chi connectivity index (χ2n) is 6.75. The number of thiazole rings is 1. The molecule has 0 saturated carbocycles. The Morgan fingerprint density at radius 1 is 1.12 bits per heavy atom. The normalized spacial score (nSPS) is 13.8. The first kappa shape index (κ1) is 17.1. The number of hydrogen-bond donors (Lipinski definition) is 2. The van der Waals surface area contributed by atoms with Crippen LogP contribution in [0.15, 0.2) is 23.6 Å². The fourth-order valence-corrected chi connectivity index (χ4v) is 3.28. The van der Waals surface area contributed by atoms with E-state index in [2.05, 4.69) is 15.6 Å². The number of hydrogen-bond acceptors (Lipinski definition) is 5. The fraction of sp³-hybridized carbons (Fsp3) is 0.294. The van der Waals surface area contributed by atoms with Crippen LogP contribution in [-0.2, 0) is 0 Å². The molecule has 3 rings (SSSR count). The number of carbonyl (C=O) groups is 3. The van der Waals surface area contributed by atoms with Crippen molar-refractivity contribution in [1.29, 1.82) is 0 Å². The summed E-state index contributed by atoms with van der Waals surface area (Å²) in [6, 6.07) is 4.22. The monoisotopic (exact) mass is 358 g/mol. The highest BCUT2D eigenvalue weighted by Gasteiger charge is 2.41. The standard InChI is InChI=1S/C17H18N4O3S/c1-9-8-25-16(18-9)20-15(24)19-10-5-6-11-12(7-10)14(23)21(13(11)22)17(2,3)4/h5-8H,1-4H3,(H2,18,19,20,24). The summed E-state index contributed by atoms with van der Waals surface area (Å²) in [7, 11) is 0. The molecular weight excluding hydrogens is 340 g/mol. The number of nitrogens with one attached hydrogen (secondary N) is 2. The Labute approximate surface area is 149 Å². The minimum absolute atomic E-state index is 0.294. The first-order valence-electron chi connectivity index (χ1n) is 7.70. The van der Waals surface area contributed by atoms with Gasteiger partial charge in [0.15, 0.2) is 5.13 Å². The van der Waals surface area contributed by atoms with Gasteiger partial charge in [0, 0.05) is 16.6 Å². The molecule has 0 atom stereocenters. The second kappa shape index (κ2) is 5.96. The number of aromatic nitrogens is 1. The van der Waals surface area contributed by atoms with Crippen molar-refractivity contribution >= 4 is 40.0 Å². The number of urea groups is 1. The highest BCUT2D eigenvalue weighted by Crippen LogP contribution is 2.31. The average Bonchev–Trinajstić information content (AvgIpc) is 3.00. The number of aryl methyl sites for hydroxylation is 1. The van der Waals surface area contributed by atoms with Gasteiger partial charge in [0.1, 0.15) is 0 Å². The van der Waals surface area contributed by atoms with Crippen molar-refractivity contribution < 1.29 is 14.4 Å². The molecule has 1 aliphatic heterocycles. The SMILES string of the molecule is Cc1csc(NC(=O)Nc2ccc3c(c2)C(=O)N(C(C)(C)C)C3=O)n1. The summed E-state index contributed by atoms with van der Waals surface area (Å²) in [6.45, 7) is 7.25. The smallest absolute Gasteiger partial charge is 0.308 e. The van der Waals surface area contributed by atoms with Gasteiger partial charge in [-0.1, -0.05) is 0 Å². The lowest BCUT2D eigenvalue weighted by Gasteiger charge is -2.29. The summed E-state index contributed by atoms with van der Waals surface area (Å²) in [5.74, 6) is -0.672. The maximum Gasteiger partial charge on any atom is 0.325 e. The van der Waals surface area contributed by atoms with Crippen molar-refractivity contribution in [3.05, 3.63) is 40.4 Å². The number of imide groups is 1. The summed E-state index contributed by atoms with van der Waals surface area (Å²) < 4.78 is 0. The van der Waals surface area contributed by atoms with E-state index in [0.717, 1.165) is 5.69 Å². The third kappa shape index (κ3) is 3.25. The molecular formula is C17H18N4O3S. The zero-order valence-electron chi connectivity index (χ0n) is 14.3. The largest absolute Gasteiger partial charge is 0.325 e. The van der Waals surface area contributed by atoms with Gasteiger partial charge in [-0.2, -0.15) is 0 Å². The number of anilines is 2. The molecule has 0 radical (unpaired) electrons. The van der Waals surface area contributed by atoms with E-state index < -0.39 is 11.6 Å². The summed E-state index contributed by atoms with van der Waals surface area (Å²) in [4.78, 5) is 42.4. The highest BCUT2D eigenvalue weighted by molar-refractivity contribution is 7.13. The van der Waals surface area contributed by atoms with Gasteiger partial charge < -0.3 is 5.32 Å². The summed E-state index contributed by atoms with van der Waals surface area (Å²) in [6.07, 6.45) is 0. The van der Waals surface area contributed by atoms with E-state index in [4.69, 9.17) is 0 Å². The fourth-order valence-electron chi connectivity index (χ4n) is 2.60. The zero-order chi connectivity index (χ0) is 18.4. The van der Waals surface area contributed by atoms with Crippen LogP contribution in [0.25, 0.3) is 0 Å². The second-order valence-corrected chi connectivity index (χ2v) is 7.61. The van der Waals surface area contributed by atoms with Gasteiger partial charge in [-0.15, -0.1) is 11.3 Å². The molecule has 2 N–H and O–H groups in total.